The Hall–Kier alpha value is -1.22. The van der Waals surface area contributed by atoms with Gasteiger partial charge in [-0.2, -0.15) is 0 Å². The van der Waals surface area contributed by atoms with Gasteiger partial charge in [0.15, 0.2) is 5.78 Å². The van der Waals surface area contributed by atoms with E-state index in [1.54, 1.807) is 18.2 Å². The molecule has 0 N–H and O–H groups in total. The van der Waals surface area contributed by atoms with Crippen molar-refractivity contribution in [3.63, 3.8) is 0 Å². The average Bonchev–Trinajstić information content (AvgIpc) is 2.99. The van der Waals surface area contributed by atoms with Gasteiger partial charge in [-0.15, -0.1) is 0 Å². The molecule has 3 rings (SSSR count). The lowest BCUT2D eigenvalue weighted by Gasteiger charge is -2.21. The minimum atomic E-state index is -0.400. The minimum absolute atomic E-state index is 0.0693. The molecule has 108 valence electrons. The number of carbonyl (C=O) groups excluding carboxylic acids is 1. The fourth-order valence-corrected chi connectivity index (χ4v) is 3.88. The average molecular weight is 275 g/mol. The van der Waals surface area contributed by atoms with Crippen molar-refractivity contribution in [1.29, 1.82) is 0 Å². The molecular weight excluding hydrogens is 253 g/mol. The van der Waals surface area contributed by atoms with Crippen LogP contribution in [0.4, 0.5) is 4.39 Å². The fourth-order valence-electron chi connectivity index (χ4n) is 3.88. The maximum Gasteiger partial charge on any atom is 0.169 e. The zero-order valence-electron chi connectivity index (χ0n) is 12.0. The second-order valence-corrected chi connectivity index (χ2v) is 6.41. The van der Waals surface area contributed by atoms with Crippen molar-refractivity contribution in [2.45, 2.75) is 26.2 Å². The van der Waals surface area contributed by atoms with Gasteiger partial charge in [-0.3, -0.25) is 4.79 Å². The van der Waals surface area contributed by atoms with E-state index in [1.807, 2.05) is 6.92 Å². The van der Waals surface area contributed by atoms with Crippen molar-refractivity contribution < 1.29 is 9.18 Å². The largest absolute Gasteiger partial charge is 0.302 e. The third-order valence-corrected chi connectivity index (χ3v) is 4.92. The Kier molecular flexibility index (Phi) is 3.88. The van der Waals surface area contributed by atoms with E-state index in [0.29, 0.717) is 0 Å². The van der Waals surface area contributed by atoms with E-state index in [2.05, 4.69) is 4.90 Å². The normalized spacial score (nSPS) is 27.5. The van der Waals surface area contributed by atoms with Gasteiger partial charge in [0, 0.05) is 25.6 Å². The van der Waals surface area contributed by atoms with E-state index in [1.165, 1.54) is 25.3 Å². The number of halogens is 1. The van der Waals surface area contributed by atoms with Gasteiger partial charge in [0.1, 0.15) is 5.82 Å². The second-order valence-electron chi connectivity index (χ2n) is 6.41. The minimum Gasteiger partial charge on any atom is -0.302 e. The number of hydrogen-bond acceptors (Lipinski definition) is 2. The molecule has 1 aliphatic carbocycles. The highest BCUT2D eigenvalue weighted by molar-refractivity contribution is 5.98. The Morgan fingerprint density at radius 3 is 2.60 bits per heavy atom. The quantitative estimate of drug-likeness (QED) is 0.785. The molecule has 1 aromatic carbocycles. The van der Waals surface area contributed by atoms with Gasteiger partial charge in [-0.05, 0) is 36.8 Å². The van der Waals surface area contributed by atoms with Gasteiger partial charge >= 0.3 is 0 Å². The molecule has 3 heteroatoms. The van der Waals surface area contributed by atoms with Gasteiger partial charge in [-0.1, -0.05) is 25.5 Å². The molecule has 1 saturated heterocycles. The zero-order valence-corrected chi connectivity index (χ0v) is 12.0. The third-order valence-electron chi connectivity index (χ3n) is 4.92. The lowest BCUT2D eigenvalue weighted by Crippen LogP contribution is -2.31. The van der Waals surface area contributed by atoms with E-state index in [0.717, 1.165) is 31.5 Å². The molecule has 0 radical (unpaired) electrons. The van der Waals surface area contributed by atoms with E-state index >= 15 is 0 Å². The molecule has 2 nitrogen and oxygen atoms in total. The number of carbonyl (C=O) groups is 1. The van der Waals surface area contributed by atoms with Crippen LogP contribution in [0.3, 0.4) is 0 Å². The number of hydrogen-bond donors (Lipinski definition) is 0. The van der Waals surface area contributed by atoms with E-state index in [9.17, 15) is 9.18 Å². The van der Waals surface area contributed by atoms with E-state index in [-0.39, 0.29) is 17.3 Å². The highest BCUT2D eigenvalue weighted by Crippen LogP contribution is 2.37. The number of nitrogens with zero attached hydrogens (tertiary/aromatic N) is 1. The van der Waals surface area contributed by atoms with E-state index in [4.69, 9.17) is 0 Å². The van der Waals surface area contributed by atoms with Crippen LogP contribution in [0.25, 0.3) is 0 Å². The van der Waals surface area contributed by atoms with Crippen molar-refractivity contribution in [2.75, 3.05) is 19.6 Å². The van der Waals surface area contributed by atoms with Crippen molar-refractivity contribution in [3.8, 4) is 0 Å². The van der Waals surface area contributed by atoms with Crippen LogP contribution >= 0.6 is 0 Å². The summed E-state index contributed by atoms with van der Waals surface area (Å²) in [6.07, 6.45) is 4.06. The molecule has 0 amide bonds. The second kappa shape index (κ2) is 5.65. The van der Waals surface area contributed by atoms with Gasteiger partial charge in [0.25, 0.3) is 0 Å². The summed E-state index contributed by atoms with van der Waals surface area (Å²) in [7, 11) is 0. The molecule has 1 saturated carbocycles. The van der Waals surface area contributed by atoms with Crippen LogP contribution in [0.15, 0.2) is 24.3 Å². The van der Waals surface area contributed by atoms with Crippen LogP contribution in [0.2, 0.25) is 0 Å². The van der Waals surface area contributed by atoms with Gasteiger partial charge in [0.05, 0.1) is 5.56 Å². The Labute approximate surface area is 120 Å². The Morgan fingerprint density at radius 2 is 1.95 bits per heavy atom. The number of likely N-dealkylation sites (tertiary alicyclic amines) is 1. The zero-order chi connectivity index (χ0) is 14.1. The molecule has 3 atom stereocenters. The van der Waals surface area contributed by atoms with Gasteiger partial charge in [0.2, 0.25) is 0 Å². The lowest BCUT2D eigenvalue weighted by molar-refractivity contribution is 0.0896. The SMILES string of the molecule is CC(CN1CC2CCCC2C1)C(=O)c1ccccc1F. The predicted molar refractivity (Wildman–Crippen MR) is 77.2 cm³/mol. The highest BCUT2D eigenvalue weighted by Gasteiger charge is 2.36. The first kappa shape index (κ1) is 13.7. The molecule has 20 heavy (non-hydrogen) atoms. The Bertz CT molecular complexity index is 490. The molecule has 1 aliphatic heterocycles. The molecule has 2 fully saturated rings. The molecular formula is C17H22FNO. The first-order valence-electron chi connectivity index (χ1n) is 7.66. The number of rotatable bonds is 4. The summed E-state index contributed by atoms with van der Waals surface area (Å²) >= 11 is 0. The summed E-state index contributed by atoms with van der Waals surface area (Å²) in [5, 5.41) is 0. The highest BCUT2D eigenvalue weighted by atomic mass is 19.1. The van der Waals surface area contributed by atoms with Crippen LogP contribution < -0.4 is 0 Å². The number of Topliss-reactive ketones (excluding diaryl/α,β-unsaturated/α-hetero) is 1. The fraction of sp³-hybridized carbons (Fsp3) is 0.588. The number of fused-ring (bicyclic) bond motifs is 1. The summed E-state index contributed by atoms with van der Waals surface area (Å²) in [6, 6.07) is 6.30. The summed E-state index contributed by atoms with van der Waals surface area (Å²) in [5.74, 6) is 1.07. The summed E-state index contributed by atoms with van der Waals surface area (Å²) in [5.41, 5.74) is 0.236. The lowest BCUT2D eigenvalue weighted by atomic mass is 9.98. The van der Waals surface area contributed by atoms with Crippen molar-refractivity contribution in [3.05, 3.63) is 35.6 Å². The standard InChI is InChI=1S/C17H22FNO/c1-12(17(20)15-7-2-3-8-16(15)18)9-19-10-13-5-4-6-14(13)11-19/h2-3,7-8,12-14H,4-6,9-11H2,1H3. The van der Waals surface area contributed by atoms with Crippen LogP contribution in [-0.4, -0.2) is 30.3 Å². The smallest absolute Gasteiger partial charge is 0.169 e. The molecule has 0 aromatic heterocycles. The summed E-state index contributed by atoms with van der Waals surface area (Å²) in [6.45, 7) is 4.93. The first-order chi connectivity index (χ1) is 9.65. The van der Waals surface area contributed by atoms with Crippen molar-refractivity contribution in [1.82, 2.24) is 4.90 Å². The number of ketones is 1. The third kappa shape index (κ3) is 2.64. The molecule has 3 unspecified atom stereocenters. The molecule has 1 heterocycles. The van der Waals surface area contributed by atoms with Crippen LogP contribution in [0.1, 0.15) is 36.5 Å². The maximum atomic E-state index is 13.7. The Morgan fingerprint density at radius 1 is 1.30 bits per heavy atom. The molecule has 0 bridgehead atoms. The van der Waals surface area contributed by atoms with Crippen molar-refractivity contribution in [2.24, 2.45) is 17.8 Å². The van der Waals surface area contributed by atoms with Gasteiger partial charge < -0.3 is 4.90 Å². The summed E-state index contributed by atoms with van der Waals surface area (Å²) < 4.78 is 13.7. The van der Waals surface area contributed by atoms with Crippen LogP contribution in [0.5, 0.6) is 0 Å². The van der Waals surface area contributed by atoms with E-state index < -0.39 is 5.82 Å². The van der Waals surface area contributed by atoms with Crippen molar-refractivity contribution >= 4 is 5.78 Å². The maximum absolute atomic E-state index is 13.7. The Balaban J connectivity index is 1.61. The molecule has 2 aliphatic rings. The van der Waals surface area contributed by atoms with Crippen LogP contribution in [-0.2, 0) is 0 Å². The molecule has 1 aromatic rings. The summed E-state index contributed by atoms with van der Waals surface area (Å²) in [4.78, 5) is 14.7. The predicted octanol–water partition coefficient (Wildman–Crippen LogP) is 3.38. The number of benzene rings is 1. The topological polar surface area (TPSA) is 20.3 Å². The monoisotopic (exact) mass is 275 g/mol. The molecule has 0 spiro atoms. The van der Waals surface area contributed by atoms with Gasteiger partial charge in [-0.25, -0.2) is 4.39 Å². The first-order valence-corrected chi connectivity index (χ1v) is 7.66. The van der Waals surface area contributed by atoms with Crippen LogP contribution in [0, 0.1) is 23.6 Å².